The van der Waals surface area contributed by atoms with Crippen LogP contribution in [0, 0.1) is 0 Å². The fourth-order valence-corrected chi connectivity index (χ4v) is 18.7. The van der Waals surface area contributed by atoms with E-state index in [2.05, 4.69) is 59.4 Å². The molecule has 0 heterocycles. The van der Waals surface area contributed by atoms with Crippen molar-refractivity contribution in [2.75, 3.05) is 13.6 Å². The third-order valence-corrected chi connectivity index (χ3v) is 19.0. The molecule has 0 fully saturated rings. The molecule has 0 bridgehead atoms. The van der Waals surface area contributed by atoms with Gasteiger partial charge in [-0.3, -0.25) is 0 Å². The Morgan fingerprint density at radius 2 is 1.14 bits per heavy atom. The minimum absolute atomic E-state index is 0.889. The maximum absolute atomic E-state index is 2.72. The first kappa shape index (κ1) is 14.5. The molecule has 0 aromatic heterocycles. The van der Waals surface area contributed by atoms with E-state index in [9.17, 15) is 0 Å². The van der Waals surface area contributed by atoms with Crippen molar-refractivity contribution in [3.63, 3.8) is 0 Å². The monoisotopic (exact) mass is 261 g/mol. The summed E-state index contributed by atoms with van der Waals surface area (Å²) in [6, 6.07) is 0. The van der Waals surface area contributed by atoms with Gasteiger partial charge in [-0.1, -0.05) is 0 Å². The van der Waals surface area contributed by atoms with Crippen molar-refractivity contribution >= 4 is 13.5 Å². The molecule has 86 valence electrons. The van der Waals surface area contributed by atoms with E-state index in [0.717, 1.165) is 14.3 Å². The Bertz CT molecular complexity index is 142. The second-order valence-electron chi connectivity index (χ2n) is 5.37. The van der Waals surface area contributed by atoms with Gasteiger partial charge >= 0.3 is 93.7 Å². The molecule has 1 nitrogen and oxygen atoms in total. The molecule has 0 aliphatic carbocycles. The predicted molar refractivity (Wildman–Crippen MR) is 69.4 cm³/mol. The predicted octanol–water partition coefficient (Wildman–Crippen LogP) is 4.11. The summed E-state index contributed by atoms with van der Waals surface area (Å²) >= 11 is -1.87. The van der Waals surface area contributed by atoms with Crippen LogP contribution < -0.4 is 0 Å². The summed E-state index contributed by atoms with van der Waals surface area (Å²) in [5.41, 5.74) is 0. The van der Waals surface area contributed by atoms with E-state index in [4.69, 9.17) is 0 Å². The Morgan fingerprint density at radius 3 is 1.21 bits per heavy atom. The normalized spacial score (nSPS) is 13.7. The average Bonchev–Trinajstić information content (AvgIpc) is 2.02. The van der Waals surface area contributed by atoms with Crippen LogP contribution in [0.15, 0.2) is 0 Å². The van der Waals surface area contributed by atoms with Crippen molar-refractivity contribution in [2.24, 2.45) is 0 Å². The van der Waals surface area contributed by atoms with Gasteiger partial charge in [0.15, 0.2) is 0 Å². The fourth-order valence-electron chi connectivity index (χ4n) is 3.60. The molecule has 0 atom stereocenters. The molecular weight excluding hydrogens is 231 g/mol. The quantitative estimate of drug-likeness (QED) is 0.672. The molecule has 0 aromatic carbocycles. The van der Waals surface area contributed by atoms with E-state index in [-0.39, 0.29) is 0 Å². The van der Waals surface area contributed by atoms with Crippen molar-refractivity contribution in [3.8, 4) is 0 Å². The molecule has 0 aromatic rings. The molecule has 0 radical (unpaired) electrons. The zero-order valence-electron chi connectivity index (χ0n) is 11.4. The summed E-state index contributed by atoms with van der Waals surface area (Å²) in [6.45, 7) is 18.1. The third-order valence-electron chi connectivity index (χ3n) is 3.91. The first-order chi connectivity index (χ1) is 6.31. The topological polar surface area (TPSA) is 3.24 Å². The van der Waals surface area contributed by atoms with Gasteiger partial charge in [-0.05, 0) is 0 Å². The van der Waals surface area contributed by atoms with Gasteiger partial charge in [0.2, 0.25) is 0 Å². The van der Waals surface area contributed by atoms with Crippen LogP contribution in [0.4, 0.5) is 0 Å². The summed E-state index contributed by atoms with van der Waals surface area (Å²) in [6.07, 6.45) is 0. The van der Waals surface area contributed by atoms with Crippen molar-refractivity contribution in [1.29, 1.82) is 0 Å². The SMILES string of the molecule is CC[N](C)[Ge]([CH](C)C)([CH](C)C)[CH](C)C. The Kier molecular flexibility index (Phi) is 5.75. The van der Waals surface area contributed by atoms with E-state index < -0.39 is 13.5 Å². The van der Waals surface area contributed by atoms with Gasteiger partial charge in [0, 0.05) is 0 Å². The number of nitrogens with zero attached hydrogens (tertiary/aromatic N) is 1. The molecule has 0 N–H and O–H groups in total. The van der Waals surface area contributed by atoms with Crippen LogP contribution in [0.2, 0.25) is 14.3 Å². The second kappa shape index (κ2) is 5.55. The van der Waals surface area contributed by atoms with E-state index >= 15 is 0 Å². The third kappa shape index (κ3) is 2.36. The zero-order chi connectivity index (χ0) is 11.5. The van der Waals surface area contributed by atoms with Crippen LogP contribution in [0.1, 0.15) is 48.5 Å². The summed E-state index contributed by atoms with van der Waals surface area (Å²) in [7, 11) is 2.35. The van der Waals surface area contributed by atoms with Gasteiger partial charge < -0.3 is 0 Å². The first-order valence-corrected chi connectivity index (χ1v) is 10.6. The Hall–Kier alpha value is 0.503. The standard InChI is InChI=1S/C12H29GeN/c1-9-14(8)13(10(2)3,11(4)5)12(6)7/h10-12H,9H2,1-8H3. The molecule has 0 aliphatic heterocycles. The Balaban J connectivity index is 5.16. The van der Waals surface area contributed by atoms with Crippen LogP contribution >= 0.6 is 0 Å². The minimum atomic E-state index is -1.87. The summed E-state index contributed by atoms with van der Waals surface area (Å²) in [4.78, 5) is 0. The maximum atomic E-state index is 2.72. The van der Waals surface area contributed by atoms with Crippen LogP contribution in [0.3, 0.4) is 0 Å². The molecule has 2 heteroatoms. The second-order valence-corrected chi connectivity index (χ2v) is 18.0. The van der Waals surface area contributed by atoms with Crippen molar-refractivity contribution in [2.45, 2.75) is 62.7 Å². The van der Waals surface area contributed by atoms with Crippen LogP contribution in [-0.2, 0) is 0 Å². The molecule has 0 unspecified atom stereocenters. The molecular formula is C12H29GeN. The van der Waals surface area contributed by atoms with Crippen LogP contribution in [-0.4, -0.2) is 30.9 Å². The van der Waals surface area contributed by atoms with Gasteiger partial charge in [0.25, 0.3) is 0 Å². The van der Waals surface area contributed by atoms with Crippen LogP contribution in [0.25, 0.3) is 0 Å². The van der Waals surface area contributed by atoms with E-state index in [1.165, 1.54) is 6.54 Å². The molecule has 14 heavy (non-hydrogen) atoms. The Morgan fingerprint density at radius 1 is 0.857 bits per heavy atom. The summed E-state index contributed by atoms with van der Waals surface area (Å²) < 4.78 is 5.39. The molecule has 0 saturated carbocycles. The molecule has 0 rings (SSSR count). The molecule has 0 saturated heterocycles. The van der Waals surface area contributed by atoms with E-state index in [1.807, 2.05) is 0 Å². The number of rotatable bonds is 5. The fraction of sp³-hybridized carbons (Fsp3) is 1.00. The van der Waals surface area contributed by atoms with Gasteiger partial charge in [0.1, 0.15) is 0 Å². The van der Waals surface area contributed by atoms with Gasteiger partial charge in [0.05, 0.1) is 0 Å². The molecule has 0 aliphatic rings. The van der Waals surface area contributed by atoms with Gasteiger partial charge in [-0.15, -0.1) is 0 Å². The van der Waals surface area contributed by atoms with E-state index in [1.54, 1.807) is 0 Å². The summed E-state index contributed by atoms with van der Waals surface area (Å²) in [5, 5.41) is 0. The molecule has 0 amide bonds. The first-order valence-electron chi connectivity index (χ1n) is 6.02. The van der Waals surface area contributed by atoms with Crippen LogP contribution in [0.5, 0.6) is 0 Å². The van der Waals surface area contributed by atoms with Crippen molar-refractivity contribution in [1.82, 2.24) is 3.86 Å². The summed E-state index contributed by atoms with van der Waals surface area (Å²) in [5.74, 6) is 0. The van der Waals surface area contributed by atoms with Gasteiger partial charge in [-0.2, -0.15) is 0 Å². The molecule has 0 spiro atoms. The van der Waals surface area contributed by atoms with Crippen molar-refractivity contribution in [3.05, 3.63) is 0 Å². The van der Waals surface area contributed by atoms with Crippen molar-refractivity contribution < 1.29 is 0 Å². The van der Waals surface area contributed by atoms with E-state index in [0.29, 0.717) is 0 Å². The van der Waals surface area contributed by atoms with Gasteiger partial charge in [-0.25, -0.2) is 0 Å². The number of hydrogen-bond acceptors (Lipinski definition) is 1. The number of hydrogen-bond donors (Lipinski definition) is 0. The zero-order valence-corrected chi connectivity index (χ0v) is 13.5. The average molecular weight is 260 g/mol. The Labute approximate surface area is 93.8 Å².